The quantitative estimate of drug-likeness (QED) is 0.685. The molecule has 1 N–H and O–H groups in total. The fourth-order valence-corrected chi connectivity index (χ4v) is 1.25. The monoisotopic (exact) mass is 197 g/mol. The van der Waals surface area contributed by atoms with Crippen LogP contribution in [0.3, 0.4) is 0 Å². The highest BCUT2D eigenvalue weighted by atomic mass is 79.9. The molecule has 1 atom stereocenters. The second-order valence-corrected chi connectivity index (χ2v) is 3.43. The van der Waals surface area contributed by atoms with Gasteiger partial charge in [0, 0.05) is 17.1 Å². The van der Waals surface area contributed by atoms with Crippen molar-refractivity contribution in [3.8, 4) is 0 Å². The molecule has 0 spiro atoms. The van der Waals surface area contributed by atoms with Crippen LogP contribution in [0.5, 0.6) is 0 Å². The second-order valence-electron chi connectivity index (χ2n) is 2.51. The van der Waals surface area contributed by atoms with Gasteiger partial charge >= 0.3 is 0 Å². The van der Waals surface area contributed by atoms with Crippen LogP contribution in [-0.4, -0.2) is 6.54 Å². The second kappa shape index (κ2) is 2.36. The van der Waals surface area contributed by atoms with Gasteiger partial charge in [0.15, 0.2) is 0 Å². The first kappa shape index (κ1) is 6.38. The van der Waals surface area contributed by atoms with Gasteiger partial charge < -0.3 is 5.32 Å². The summed E-state index contributed by atoms with van der Waals surface area (Å²) in [5.41, 5.74) is 1.39. The minimum Gasteiger partial charge on any atom is -0.307 e. The molecule has 1 heterocycles. The van der Waals surface area contributed by atoms with Gasteiger partial charge in [-0.1, -0.05) is 28.1 Å². The fourth-order valence-electron chi connectivity index (χ4n) is 0.990. The summed E-state index contributed by atoms with van der Waals surface area (Å²) in [5, 5.41) is 3.25. The van der Waals surface area contributed by atoms with Gasteiger partial charge in [-0.3, -0.25) is 0 Å². The van der Waals surface area contributed by atoms with Crippen molar-refractivity contribution in [1.29, 1.82) is 0 Å². The fraction of sp³-hybridized carbons (Fsp3) is 0.250. The van der Waals surface area contributed by atoms with Crippen molar-refractivity contribution in [2.45, 2.75) is 6.04 Å². The number of hydrogen-bond donors (Lipinski definition) is 1. The highest BCUT2D eigenvalue weighted by Gasteiger charge is 2.21. The van der Waals surface area contributed by atoms with E-state index in [2.05, 4.69) is 45.5 Å². The molecule has 0 saturated carbocycles. The lowest BCUT2D eigenvalue weighted by Gasteiger charge is -1.94. The van der Waals surface area contributed by atoms with Gasteiger partial charge in [-0.05, 0) is 17.7 Å². The maximum Gasteiger partial charge on any atom is 0.0447 e. The zero-order valence-corrected chi connectivity index (χ0v) is 7.06. The minimum absolute atomic E-state index is 0.632. The summed E-state index contributed by atoms with van der Waals surface area (Å²) in [6.45, 7) is 1.14. The SMILES string of the molecule is Brc1ccc([C@H]2CN2)cc1. The van der Waals surface area contributed by atoms with Crippen LogP contribution in [0.1, 0.15) is 11.6 Å². The predicted octanol–water partition coefficient (Wildman–Crippen LogP) is 2.09. The largest absolute Gasteiger partial charge is 0.307 e. The van der Waals surface area contributed by atoms with Gasteiger partial charge in [0.2, 0.25) is 0 Å². The molecule has 1 aromatic carbocycles. The van der Waals surface area contributed by atoms with Crippen LogP contribution in [-0.2, 0) is 0 Å². The van der Waals surface area contributed by atoms with Gasteiger partial charge in [-0.2, -0.15) is 0 Å². The highest BCUT2D eigenvalue weighted by Crippen LogP contribution is 2.22. The summed E-state index contributed by atoms with van der Waals surface area (Å²) in [6, 6.07) is 9.09. The zero-order chi connectivity index (χ0) is 6.97. The lowest BCUT2D eigenvalue weighted by Crippen LogP contribution is -1.81. The van der Waals surface area contributed by atoms with Crippen LogP contribution < -0.4 is 5.32 Å². The Morgan fingerprint density at radius 1 is 1.30 bits per heavy atom. The first-order valence-electron chi connectivity index (χ1n) is 3.35. The third kappa shape index (κ3) is 1.22. The molecule has 1 aliphatic rings. The van der Waals surface area contributed by atoms with E-state index in [0.29, 0.717) is 6.04 Å². The standard InChI is InChI=1S/C8H8BrN/c9-7-3-1-6(2-4-7)8-5-10-8/h1-4,8,10H,5H2/t8-/m1/s1. The summed E-state index contributed by atoms with van der Waals surface area (Å²) in [7, 11) is 0. The van der Waals surface area contributed by atoms with Crippen LogP contribution in [0.15, 0.2) is 28.7 Å². The van der Waals surface area contributed by atoms with Crippen molar-refractivity contribution in [2.24, 2.45) is 0 Å². The molecule has 0 radical (unpaired) electrons. The first-order chi connectivity index (χ1) is 4.86. The normalized spacial score (nSPS) is 22.7. The van der Waals surface area contributed by atoms with Crippen molar-refractivity contribution < 1.29 is 0 Å². The van der Waals surface area contributed by atoms with Crippen LogP contribution >= 0.6 is 15.9 Å². The Hall–Kier alpha value is -0.340. The molecule has 1 aromatic rings. The minimum atomic E-state index is 0.632. The molecule has 2 heteroatoms. The number of hydrogen-bond acceptors (Lipinski definition) is 1. The molecule has 0 aliphatic carbocycles. The third-order valence-corrected chi connectivity index (χ3v) is 2.21. The average molecular weight is 198 g/mol. The maximum absolute atomic E-state index is 3.39. The van der Waals surface area contributed by atoms with Crippen LogP contribution in [0, 0.1) is 0 Å². The highest BCUT2D eigenvalue weighted by molar-refractivity contribution is 9.10. The molecule has 52 valence electrons. The molecule has 1 saturated heterocycles. The number of rotatable bonds is 1. The van der Waals surface area contributed by atoms with E-state index in [1.165, 1.54) is 5.56 Å². The molecular formula is C8H8BrN. The maximum atomic E-state index is 3.39. The van der Waals surface area contributed by atoms with Gasteiger partial charge in [-0.15, -0.1) is 0 Å². The van der Waals surface area contributed by atoms with E-state index in [1.54, 1.807) is 0 Å². The van der Waals surface area contributed by atoms with Crippen LogP contribution in [0.4, 0.5) is 0 Å². The zero-order valence-electron chi connectivity index (χ0n) is 5.47. The Morgan fingerprint density at radius 2 is 1.90 bits per heavy atom. The molecular weight excluding hydrogens is 190 g/mol. The average Bonchev–Trinajstić information content (AvgIpc) is 2.71. The van der Waals surface area contributed by atoms with E-state index < -0.39 is 0 Å². The Morgan fingerprint density at radius 3 is 2.40 bits per heavy atom. The first-order valence-corrected chi connectivity index (χ1v) is 4.14. The van der Waals surface area contributed by atoms with Gasteiger partial charge in [-0.25, -0.2) is 0 Å². The summed E-state index contributed by atoms with van der Waals surface area (Å²) in [4.78, 5) is 0. The molecule has 10 heavy (non-hydrogen) atoms. The van der Waals surface area contributed by atoms with E-state index in [9.17, 15) is 0 Å². The summed E-state index contributed by atoms with van der Waals surface area (Å²) in [6.07, 6.45) is 0. The van der Waals surface area contributed by atoms with Crippen molar-refractivity contribution in [3.63, 3.8) is 0 Å². The van der Waals surface area contributed by atoms with Gasteiger partial charge in [0.05, 0.1) is 0 Å². The van der Waals surface area contributed by atoms with Gasteiger partial charge in [0.1, 0.15) is 0 Å². The number of nitrogens with one attached hydrogen (secondary N) is 1. The van der Waals surface area contributed by atoms with E-state index in [4.69, 9.17) is 0 Å². The molecule has 1 aliphatic heterocycles. The smallest absolute Gasteiger partial charge is 0.0447 e. The Bertz CT molecular complexity index is 226. The molecule has 2 rings (SSSR count). The van der Waals surface area contributed by atoms with E-state index >= 15 is 0 Å². The molecule has 0 amide bonds. The van der Waals surface area contributed by atoms with Crippen LogP contribution in [0.25, 0.3) is 0 Å². The van der Waals surface area contributed by atoms with Crippen molar-refractivity contribution >= 4 is 15.9 Å². The van der Waals surface area contributed by atoms with Crippen LogP contribution in [0.2, 0.25) is 0 Å². The Labute approximate surface area is 68.6 Å². The third-order valence-electron chi connectivity index (χ3n) is 1.68. The van der Waals surface area contributed by atoms with E-state index in [1.807, 2.05) is 0 Å². The number of benzene rings is 1. The Kier molecular flexibility index (Phi) is 1.51. The summed E-state index contributed by atoms with van der Waals surface area (Å²) in [5.74, 6) is 0. The topological polar surface area (TPSA) is 21.9 Å². The lowest BCUT2D eigenvalue weighted by atomic mass is 10.2. The van der Waals surface area contributed by atoms with Crippen molar-refractivity contribution in [3.05, 3.63) is 34.3 Å². The summed E-state index contributed by atoms with van der Waals surface area (Å²) >= 11 is 3.39. The molecule has 1 fully saturated rings. The molecule has 0 unspecified atom stereocenters. The molecule has 1 nitrogen and oxygen atoms in total. The Balaban J connectivity index is 2.28. The summed E-state index contributed by atoms with van der Waals surface area (Å²) < 4.78 is 1.15. The van der Waals surface area contributed by atoms with E-state index in [0.717, 1.165) is 11.0 Å². The van der Waals surface area contributed by atoms with Gasteiger partial charge in [0.25, 0.3) is 0 Å². The van der Waals surface area contributed by atoms with Crippen molar-refractivity contribution in [2.75, 3.05) is 6.54 Å². The number of halogens is 1. The van der Waals surface area contributed by atoms with E-state index in [-0.39, 0.29) is 0 Å². The molecule has 0 aromatic heterocycles. The lowest BCUT2D eigenvalue weighted by molar-refractivity contribution is 1.08. The van der Waals surface area contributed by atoms with Crippen molar-refractivity contribution in [1.82, 2.24) is 5.32 Å². The molecule has 0 bridgehead atoms. The predicted molar refractivity (Wildman–Crippen MR) is 44.9 cm³/mol.